The number of aliphatic hydroxyl groups is 1. The van der Waals surface area contributed by atoms with E-state index in [9.17, 15) is 5.11 Å². The average Bonchev–Trinajstić information content (AvgIpc) is 2.53. The lowest BCUT2D eigenvalue weighted by Crippen LogP contribution is -2.36. The quantitative estimate of drug-likeness (QED) is 0.929. The summed E-state index contributed by atoms with van der Waals surface area (Å²) in [5.41, 5.74) is 3.39. The molecule has 0 saturated carbocycles. The number of aryl methyl sites for hydroxylation is 2. The van der Waals surface area contributed by atoms with Crippen molar-refractivity contribution in [3.05, 3.63) is 65.2 Å². The number of fused-ring (bicyclic) bond motifs is 1. The number of hydrogen-bond acceptors (Lipinski definition) is 2. The molecule has 2 heteroatoms. The van der Waals surface area contributed by atoms with E-state index in [0.717, 1.165) is 37.9 Å². The van der Waals surface area contributed by atoms with Gasteiger partial charge in [-0.1, -0.05) is 36.4 Å². The molecule has 110 valence electrons. The van der Waals surface area contributed by atoms with Crippen LogP contribution in [0, 0.1) is 0 Å². The zero-order valence-electron chi connectivity index (χ0n) is 12.5. The maximum absolute atomic E-state index is 10.9. The predicted molar refractivity (Wildman–Crippen MR) is 84.7 cm³/mol. The monoisotopic (exact) mass is 282 g/mol. The summed E-state index contributed by atoms with van der Waals surface area (Å²) in [6, 6.07) is 16.6. The van der Waals surface area contributed by atoms with Crippen LogP contribution in [0.3, 0.4) is 0 Å². The summed E-state index contributed by atoms with van der Waals surface area (Å²) >= 11 is 0. The molecule has 0 heterocycles. The van der Waals surface area contributed by atoms with Crippen molar-refractivity contribution >= 4 is 0 Å². The number of methoxy groups -OCH3 is 1. The second-order valence-electron chi connectivity index (χ2n) is 6.02. The molecule has 3 rings (SSSR count). The third-order valence-corrected chi connectivity index (χ3v) is 4.54. The first-order valence-electron chi connectivity index (χ1n) is 7.61. The summed E-state index contributed by atoms with van der Waals surface area (Å²) in [7, 11) is 1.68. The lowest BCUT2D eigenvalue weighted by Gasteiger charge is -2.33. The Bertz CT molecular complexity index is 603. The molecule has 2 aromatic rings. The van der Waals surface area contributed by atoms with Gasteiger partial charge >= 0.3 is 0 Å². The van der Waals surface area contributed by atoms with Crippen LogP contribution in [0.4, 0.5) is 0 Å². The summed E-state index contributed by atoms with van der Waals surface area (Å²) < 4.78 is 5.17. The highest BCUT2D eigenvalue weighted by atomic mass is 16.5. The highest BCUT2D eigenvalue weighted by Gasteiger charge is 2.31. The summed E-state index contributed by atoms with van der Waals surface area (Å²) in [5, 5.41) is 10.9. The summed E-state index contributed by atoms with van der Waals surface area (Å²) in [6.07, 6.45) is 4.34. The van der Waals surface area contributed by atoms with E-state index >= 15 is 0 Å². The van der Waals surface area contributed by atoms with Crippen LogP contribution in [0.2, 0.25) is 0 Å². The van der Waals surface area contributed by atoms with Crippen LogP contribution in [-0.2, 0) is 19.3 Å². The molecule has 2 aromatic carbocycles. The fourth-order valence-electron chi connectivity index (χ4n) is 3.17. The minimum Gasteiger partial charge on any atom is -0.497 e. The smallest absolute Gasteiger partial charge is 0.118 e. The van der Waals surface area contributed by atoms with Gasteiger partial charge in [0, 0.05) is 6.42 Å². The Kier molecular flexibility index (Phi) is 3.98. The maximum Gasteiger partial charge on any atom is 0.118 e. The van der Waals surface area contributed by atoms with Crippen molar-refractivity contribution in [2.75, 3.05) is 7.11 Å². The molecule has 1 atom stereocenters. The van der Waals surface area contributed by atoms with Crippen molar-refractivity contribution in [2.45, 2.75) is 37.7 Å². The van der Waals surface area contributed by atoms with Gasteiger partial charge in [0.15, 0.2) is 0 Å². The van der Waals surface area contributed by atoms with E-state index < -0.39 is 5.60 Å². The Morgan fingerprint density at radius 1 is 1.05 bits per heavy atom. The Hall–Kier alpha value is -1.80. The van der Waals surface area contributed by atoms with Gasteiger partial charge in [-0.3, -0.25) is 0 Å². The largest absolute Gasteiger partial charge is 0.497 e. The Morgan fingerprint density at radius 2 is 1.76 bits per heavy atom. The van der Waals surface area contributed by atoms with Crippen LogP contribution in [0.1, 0.15) is 29.5 Å². The Balaban J connectivity index is 1.64. The van der Waals surface area contributed by atoms with Gasteiger partial charge in [-0.25, -0.2) is 0 Å². The van der Waals surface area contributed by atoms with Crippen LogP contribution >= 0.6 is 0 Å². The maximum atomic E-state index is 10.9. The van der Waals surface area contributed by atoms with E-state index in [1.54, 1.807) is 7.11 Å². The number of ether oxygens (including phenoxy) is 1. The molecule has 2 nitrogen and oxygen atoms in total. The van der Waals surface area contributed by atoms with Crippen molar-refractivity contribution in [3.63, 3.8) is 0 Å². The molecule has 0 amide bonds. The topological polar surface area (TPSA) is 29.5 Å². The van der Waals surface area contributed by atoms with Gasteiger partial charge in [0.25, 0.3) is 0 Å². The van der Waals surface area contributed by atoms with E-state index in [1.165, 1.54) is 16.7 Å². The van der Waals surface area contributed by atoms with Crippen LogP contribution in [0.5, 0.6) is 5.75 Å². The van der Waals surface area contributed by atoms with Crippen molar-refractivity contribution in [3.8, 4) is 5.75 Å². The molecule has 0 radical (unpaired) electrons. The number of benzene rings is 2. The molecule has 0 spiro atoms. The first-order valence-corrected chi connectivity index (χ1v) is 7.61. The highest BCUT2D eigenvalue weighted by molar-refractivity contribution is 5.32. The first kappa shape index (κ1) is 14.2. The second kappa shape index (κ2) is 5.90. The van der Waals surface area contributed by atoms with Crippen LogP contribution in [-0.4, -0.2) is 17.8 Å². The lowest BCUT2D eigenvalue weighted by atomic mass is 9.77. The van der Waals surface area contributed by atoms with Crippen LogP contribution < -0.4 is 4.74 Å². The zero-order chi connectivity index (χ0) is 14.7. The average molecular weight is 282 g/mol. The summed E-state index contributed by atoms with van der Waals surface area (Å²) in [4.78, 5) is 0. The molecule has 0 aromatic heterocycles. The summed E-state index contributed by atoms with van der Waals surface area (Å²) in [6.45, 7) is 0. The normalized spacial score (nSPS) is 20.9. The highest BCUT2D eigenvalue weighted by Crippen LogP contribution is 2.32. The Morgan fingerprint density at radius 3 is 2.48 bits per heavy atom. The fourth-order valence-corrected chi connectivity index (χ4v) is 3.17. The van der Waals surface area contributed by atoms with E-state index in [4.69, 9.17) is 4.74 Å². The molecule has 21 heavy (non-hydrogen) atoms. The fraction of sp³-hybridized carbons (Fsp3) is 0.368. The standard InChI is InChI=1S/C19H22O2/c1-21-18-8-6-15(7-9-18)10-12-19(20)13-11-16-4-2-3-5-17(16)14-19/h2-9,20H,10-14H2,1H3. The minimum absolute atomic E-state index is 0.561. The Labute approximate surface area is 126 Å². The zero-order valence-corrected chi connectivity index (χ0v) is 12.5. The SMILES string of the molecule is COc1ccc(CCC2(O)CCc3ccccc3C2)cc1. The molecule has 1 aliphatic carbocycles. The van der Waals surface area contributed by atoms with E-state index in [-0.39, 0.29) is 0 Å². The van der Waals surface area contributed by atoms with Crippen LogP contribution in [0.25, 0.3) is 0 Å². The molecule has 0 fully saturated rings. The molecule has 1 aliphatic rings. The molecule has 1 unspecified atom stereocenters. The predicted octanol–water partition coefficient (Wildman–Crippen LogP) is 3.55. The molecular formula is C19H22O2. The second-order valence-corrected chi connectivity index (χ2v) is 6.02. The lowest BCUT2D eigenvalue weighted by molar-refractivity contribution is 0.0182. The molecular weight excluding hydrogens is 260 g/mol. The summed E-state index contributed by atoms with van der Waals surface area (Å²) in [5.74, 6) is 0.879. The van der Waals surface area contributed by atoms with Gasteiger partial charge in [-0.15, -0.1) is 0 Å². The van der Waals surface area contributed by atoms with Gasteiger partial charge < -0.3 is 9.84 Å². The molecule has 0 bridgehead atoms. The number of rotatable bonds is 4. The molecule has 1 N–H and O–H groups in total. The van der Waals surface area contributed by atoms with Gasteiger partial charge in [-0.2, -0.15) is 0 Å². The molecule has 0 aliphatic heterocycles. The van der Waals surface area contributed by atoms with Gasteiger partial charge in [0.2, 0.25) is 0 Å². The number of hydrogen-bond donors (Lipinski definition) is 1. The molecule has 0 saturated heterocycles. The van der Waals surface area contributed by atoms with Crippen molar-refractivity contribution < 1.29 is 9.84 Å². The van der Waals surface area contributed by atoms with Gasteiger partial charge in [-0.05, 0) is 54.5 Å². The van der Waals surface area contributed by atoms with Gasteiger partial charge in [0.05, 0.1) is 12.7 Å². The first-order chi connectivity index (χ1) is 10.2. The third-order valence-electron chi connectivity index (χ3n) is 4.54. The van der Waals surface area contributed by atoms with Gasteiger partial charge in [0.1, 0.15) is 5.75 Å². The van der Waals surface area contributed by atoms with Crippen molar-refractivity contribution in [2.24, 2.45) is 0 Å². The van der Waals surface area contributed by atoms with Crippen LogP contribution in [0.15, 0.2) is 48.5 Å². The van der Waals surface area contributed by atoms with E-state index in [1.807, 2.05) is 12.1 Å². The van der Waals surface area contributed by atoms with E-state index in [0.29, 0.717) is 0 Å². The minimum atomic E-state index is -0.561. The van der Waals surface area contributed by atoms with Crippen molar-refractivity contribution in [1.29, 1.82) is 0 Å². The van der Waals surface area contributed by atoms with E-state index in [2.05, 4.69) is 36.4 Å². The third kappa shape index (κ3) is 3.27. The van der Waals surface area contributed by atoms with Crippen molar-refractivity contribution in [1.82, 2.24) is 0 Å².